The third-order valence-electron chi connectivity index (χ3n) is 5.99. The van der Waals surface area contributed by atoms with Crippen molar-refractivity contribution in [3.05, 3.63) is 23.7 Å². The first-order chi connectivity index (χ1) is 13.5. The second kappa shape index (κ2) is 7.77. The molecule has 1 saturated carbocycles. The van der Waals surface area contributed by atoms with Gasteiger partial charge in [0.2, 0.25) is 11.9 Å². The highest BCUT2D eigenvalue weighted by molar-refractivity contribution is 6.03. The van der Waals surface area contributed by atoms with E-state index < -0.39 is 0 Å². The molecule has 0 saturated heterocycles. The number of nitrogens with one attached hydrogen (secondary N) is 2. The van der Waals surface area contributed by atoms with E-state index in [0.29, 0.717) is 18.2 Å². The van der Waals surface area contributed by atoms with E-state index in [1.54, 1.807) is 0 Å². The van der Waals surface area contributed by atoms with Gasteiger partial charge in [0.05, 0.1) is 11.9 Å². The maximum absolute atomic E-state index is 12.0. The molecule has 150 valence electrons. The van der Waals surface area contributed by atoms with Crippen molar-refractivity contribution >= 4 is 23.4 Å². The molecule has 1 amide bonds. The van der Waals surface area contributed by atoms with Crippen molar-refractivity contribution in [1.29, 1.82) is 0 Å². The van der Waals surface area contributed by atoms with Gasteiger partial charge in [0.1, 0.15) is 11.7 Å². The molecular formula is C20H29N7O. The van der Waals surface area contributed by atoms with Gasteiger partial charge >= 0.3 is 0 Å². The van der Waals surface area contributed by atoms with E-state index in [0.717, 1.165) is 29.5 Å². The van der Waals surface area contributed by atoms with Crippen molar-refractivity contribution in [2.75, 3.05) is 22.6 Å². The van der Waals surface area contributed by atoms with Gasteiger partial charge in [-0.25, -0.2) is 4.98 Å². The predicted molar refractivity (Wildman–Crippen MR) is 109 cm³/mol. The average Bonchev–Trinajstić information content (AvgIpc) is 3.35. The molecule has 2 aromatic rings. The van der Waals surface area contributed by atoms with Gasteiger partial charge in [0, 0.05) is 31.9 Å². The van der Waals surface area contributed by atoms with Crippen LogP contribution in [0, 0.1) is 12.8 Å². The minimum atomic E-state index is -0.257. The lowest BCUT2D eigenvalue weighted by atomic mass is 10.0. The highest BCUT2D eigenvalue weighted by atomic mass is 16.2. The van der Waals surface area contributed by atoms with Gasteiger partial charge in [0.25, 0.3) is 0 Å². The van der Waals surface area contributed by atoms with Crippen molar-refractivity contribution in [3.8, 4) is 0 Å². The van der Waals surface area contributed by atoms with Gasteiger partial charge in [-0.05, 0) is 26.2 Å². The molecule has 1 atom stereocenters. The zero-order valence-corrected chi connectivity index (χ0v) is 16.9. The highest BCUT2D eigenvalue weighted by Gasteiger charge is 2.30. The Morgan fingerprint density at radius 1 is 1.29 bits per heavy atom. The fraction of sp³-hybridized carbons (Fsp3) is 0.600. The quantitative estimate of drug-likeness (QED) is 0.797. The molecule has 4 rings (SSSR count). The molecule has 0 spiro atoms. The van der Waals surface area contributed by atoms with E-state index in [-0.39, 0.29) is 11.9 Å². The van der Waals surface area contributed by atoms with Gasteiger partial charge in [-0.3, -0.25) is 9.48 Å². The lowest BCUT2D eigenvalue weighted by Gasteiger charge is -2.32. The predicted octanol–water partition coefficient (Wildman–Crippen LogP) is 2.95. The van der Waals surface area contributed by atoms with Gasteiger partial charge in [-0.2, -0.15) is 10.1 Å². The summed E-state index contributed by atoms with van der Waals surface area (Å²) in [6, 6.07) is -0.257. The monoisotopic (exact) mass is 383 g/mol. The normalized spacial score (nSPS) is 19.6. The number of carbonyl (C=O) groups excluding carboxylic acids is 1. The molecule has 1 aliphatic heterocycles. The number of aryl methyl sites for hydroxylation is 2. The third kappa shape index (κ3) is 3.81. The Labute approximate surface area is 165 Å². The van der Waals surface area contributed by atoms with Crippen LogP contribution in [-0.4, -0.2) is 38.7 Å². The summed E-state index contributed by atoms with van der Waals surface area (Å²) in [5.74, 6) is 2.14. The van der Waals surface area contributed by atoms with E-state index in [2.05, 4.69) is 31.9 Å². The molecule has 28 heavy (non-hydrogen) atoms. The molecular weight excluding hydrogens is 354 g/mol. The van der Waals surface area contributed by atoms with E-state index in [1.165, 1.54) is 32.1 Å². The van der Waals surface area contributed by atoms with Crippen molar-refractivity contribution in [1.82, 2.24) is 19.7 Å². The highest BCUT2D eigenvalue weighted by Crippen LogP contribution is 2.32. The molecule has 3 heterocycles. The van der Waals surface area contributed by atoms with Crippen LogP contribution in [0.15, 0.2) is 12.4 Å². The van der Waals surface area contributed by atoms with Crippen LogP contribution in [0.2, 0.25) is 0 Å². The summed E-state index contributed by atoms with van der Waals surface area (Å²) in [5, 5.41) is 10.7. The molecule has 1 aliphatic carbocycles. The molecule has 2 aliphatic rings. The SMILES string of the molecule is Cc1nc(NCc2cnn(CCC3CCCC3)c2)nc2c1NC(=O)[C@H](C)N2C. The number of carbonyl (C=O) groups is 1. The summed E-state index contributed by atoms with van der Waals surface area (Å²) in [5.41, 5.74) is 2.56. The van der Waals surface area contributed by atoms with Gasteiger partial charge in [0.15, 0.2) is 5.82 Å². The third-order valence-corrected chi connectivity index (χ3v) is 5.99. The Balaban J connectivity index is 1.39. The van der Waals surface area contributed by atoms with Crippen molar-refractivity contribution in [2.45, 2.75) is 65.1 Å². The van der Waals surface area contributed by atoms with Crippen LogP contribution in [0.3, 0.4) is 0 Å². The van der Waals surface area contributed by atoms with E-state index in [1.807, 2.05) is 36.7 Å². The Bertz CT molecular complexity index is 856. The summed E-state index contributed by atoms with van der Waals surface area (Å²) >= 11 is 0. The van der Waals surface area contributed by atoms with Crippen molar-refractivity contribution < 1.29 is 4.79 Å². The smallest absolute Gasteiger partial charge is 0.246 e. The molecule has 0 radical (unpaired) electrons. The maximum atomic E-state index is 12.0. The molecule has 0 unspecified atom stereocenters. The Morgan fingerprint density at radius 2 is 2.07 bits per heavy atom. The molecule has 0 aromatic carbocycles. The number of hydrogen-bond acceptors (Lipinski definition) is 6. The number of amides is 1. The van der Waals surface area contributed by atoms with Gasteiger partial charge in [-0.1, -0.05) is 25.7 Å². The largest absolute Gasteiger partial charge is 0.350 e. The first-order valence-corrected chi connectivity index (χ1v) is 10.2. The molecule has 2 N–H and O–H groups in total. The van der Waals surface area contributed by atoms with E-state index in [4.69, 9.17) is 0 Å². The van der Waals surface area contributed by atoms with Crippen molar-refractivity contribution in [2.24, 2.45) is 5.92 Å². The summed E-state index contributed by atoms with van der Waals surface area (Å²) in [4.78, 5) is 23.0. The van der Waals surface area contributed by atoms with Gasteiger partial charge < -0.3 is 15.5 Å². The second-order valence-electron chi connectivity index (χ2n) is 8.01. The van der Waals surface area contributed by atoms with E-state index in [9.17, 15) is 4.79 Å². The number of hydrogen-bond donors (Lipinski definition) is 2. The fourth-order valence-electron chi connectivity index (χ4n) is 4.04. The molecule has 2 aromatic heterocycles. The molecule has 1 fully saturated rings. The summed E-state index contributed by atoms with van der Waals surface area (Å²) in [7, 11) is 1.88. The Kier molecular flexibility index (Phi) is 5.19. The first kappa shape index (κ1) is 18.7. The Hall–Kier alpha value is -2.64. The summed E-state index contributed by atoms with van der Waals surface area (Å²) in [6.07, 6.45) is 10.7. The van der Waals surface area contributed by atoms with Gasteiger partial charge in [-0.15, -0.1) is 0 Å². The number of anilines is 3. The van der Waals surface area contributed by atoms with E-state index >= 15 is 0 Å². The van der Waals surface area contributed by atoms with Crippen LogP contribution < -0.4 is 15.5 Å². The van der Waals surface area contributed by atoms with Crippen LogP contribution in [0.25, 0.3) is 0 Å². The fourth-order valence-corrected chi connectivity index (χ4v) is 4.04. The zero-order chi connectivity index (χ0) is 19.7. The standard InChI is InChI=1S/C20H29N7O/c1-13-17-18(26(3)14(2)19(28)24-17)25-20(23-13)21-10-16-11-22-27(12-16)9-8-15-6-4-5-7-15/h11-12,14-15H,4-10H2,1-3H3,(H,24,28)(H,21,23,25)/t14-/m0/s1. The van der Waals surface area contributed by atoms with Crippen LogP contribution >= 0.6 is 0 Å². The second-order valence-corrected chi connectivity index (χ2v) is 8.01. The zero-order valence-electron chi connectivity index (χ0n) is 16.9. The lowest BCUT2D eigenvalue weighted by molar-refractivity contribution is -0.117. The molecule has 8 heteroatoms. The molecule has 0 bridgehead atoms. The number of nitrogens with zero attached hydrogens (tertiary/aromatic N) is 5. The Morgan fingerprint density at radius 3 is 2.86 bits per heavy atom. The number of rotatable bonds is 6. The van der Waals surface area contributed by atoms with Crippen LogP contribution in [0.5, 0.6) is 0 Å². The average molecular weight is 384 g/mol. The number of aromatic nitrogens is 4. The number of likely N-dealkylation sites (N-methyl/N-ethyl adjacent to an activating group) is 1. The minimum absolute atomic E-state index is 0.0348. The first-order valence-electron chi connectivity index (χ1n) is 10.2. The number of fused-ring (bicyclic) bond motifs is 1. The van der Waals surface area contributed by atoms with Crippen LogP contribution in [0.4, 0.5) is 17.5 Å². The topological polar surface area (TPSA) is 88.0 Å². The lowest BCUT2D eigenvalue weighted by Crippen LogP contribution is -2.44. The van der Waals surface area contributed by atoms with Crippen molar-refractivity contribution in [3.63, 3.8) is 0 Å². The van der Waals surface area contributed by atoms with Crippen LogP contribution in [-0.2, 0) is 17.9 Å². The summed E-state index contributed by atoms with van der Waals surface area (Å²) < 4.78 is 2.04. The molecule has 8 nitrogen and oxygen atoms in total. The van der Waals surface area contributed by atoms with Crippen LogP contribution in [0.1, 0.15) is 50.3 Å². The minimum Gasteiger partial charge on any atom is -0.350 e. The summed E-state index contributed by atoms with van der Waals surface area (Å²) in [6.45, 7) is 5.36. The maximum Gasteiger partial charge on any atom is 0.246 e.